The first-order valence-electron chi connectivity index (χ1n) is 7.46. The van der Waals surface area contributed by atoms with Crippen LogP contribution in [-0.4, -0.2) is 47.9 Å². The smallest absolute Gasteiger partial charge is 0.446 e. The Morgan fingerprint density at radius 1 is 1.10 bits per heavy atom. The van der Waals surface area contributed by atoms with Crippen molar-refractivity contribution in [1.29, 1.82) is 0 Å². The second-order valence-electron chi connectivity index (χ2n) is 4.44. The standard InChI is InChI=1S/C14H29NO5Si/c1-6-18-21(19-7-2,20-8-3)11-9-10-15-12-17-14(16)13(4)5/h15H,4,6-12H2,1-3,5H3. The molecule has 0 aliphatic heterocycles. The van der Waals surface area contributed by atoms with Crippen LogP contribution in [0.1, 0.15) is 34.1 Å². The third-order valence-corrected chi connectivity index (χ3v) is 5.73. The van der Waals surface area contributed by atoms with E-state index in [2.05, 4.69) is 11.9 Å². The van der Waals surface area contributed by atoms with Gasteiger partial charge in [-0.2, -0.15) is 0 Å². The molecule has 0 saturated heterocycles. The number of carbonyl (C=O) groups is 1. The van der Waals surface area contributed by atoms with Gasteiger partial charge in [0.1, 0.15) is 6.73 Å². The van der Waals surface area contributed by atoms with Crippen molar-refractivity contribution in [2.75, 3.05) is 33.1 Å². The average molecular weight is 319 g/mol. The first-order chi connectivity index (χ1) is 10.0. The van der Waals surface area contributed by atoms with Crippen LogP contribution in [0.3, 0.4) is 0 Å². The topological polar surface area (TPSA) is 66.0 Å². The zero-order valence-electron chi connectivity index (χ0n) is 13.7. The fourth-order valence-electron chi connectivity index (χ4n) is 1.74. The van der Waals surface area contributed by atoms with Crippen molar-refractivity contribution in [3.63, 3.8) is 0 Å². The summed E-state index contributed by atoms with van der Waals surface area (Å²) >= 11 is 0. The second kappa shape index (κ2) is 11.9. The van der Waals surface area contributed by atoms with Crippen LogP contribution in [0, 0.1) is 0 Å². The Kier molecular flexibility index (Phi) is 11.5. The van der Waals surface area contributed by atoms with Crippen molar-refractivity contribution in [2.45, 2.75) is 40.2 Å². The normalized spacial score (nSPS) is 11.4. The maximum Gasteiger partial charge on any atom is 0.500 e. The molecule has 0 atom stereocenters. The number of esters is 1. The molecule has 0 bridgehead atoms. The number of hydrogen-bond acceptors (Lipinski definition) is 6. The first kappa shape index (κ1) is 20.3. The quantitative estimate of drug-likeness (QED) is 0.184. The Balaban J connectivity index is 4.01. The Bertz CT molecular complexity index is 295. The van der Waals surface area contributed by atoms with Gasteiger partial charge in [-0.1, -0.05) is 6.58 Å². The van der Waals surface area contributed by atoms with Crippen LogP contribution in [0.15, 0.2) is 12.2 Å². The molecule has 0 aromatic heterocycles. The van der Waals surface area contributed by atoms with Crippen molar-refractivity contribution in [1.82, 2.24) is 5.32 Å². The van der Waals surface area contributed by atoms with E-state index in [-0.39, 0.29) is 12.7 Å². The minimum Gasteiger partial charge on any atom is -0.446 e. The molecule has 0 amide bonds. The van der Waals surface area contributed by atoms with Crippen LogP contribution in [0.2, 0.25) is 6.04 Å². The maximum atomic E-state index is 11.2. The van der Waals surface area contributed by atoms with E-state index >= 15 is 0 Å². The van der Waals surface area contributed by atoms with E-state index in [0.717, 1.165) is 12.5 Å². The highest BCUT2D eigenvalue weighted by Gasteiger charge is 2.39. The molecule has 0 radical (unpaired) electrons. The van der Waals surface area contributed by atoms with Crippen LogP contribution < -0.4 is 5.32 Å². The molecule has 0 aromatic carbocycles. The molecular weight excluding hydrogens is 290 g/mol. The number of carbonyl (C=O) groups excluding carboxylic acids is 1. The highest BCUT2D eigenvalue weighted by molar-refractivity contribution is 6.60. The molecule has 0 saturated carbocycles. The van der Waals surface area contributed by atoms with E-state index < -0.39 is 8.80 Å². The van der Waals surface area contributed by atoms with Crippen LogP contribution >= 0.6 is 0 Å². The fourth-order valence-corrected chi connectivity index (χ4v) is 4.36. The Hall–Kier alpha value is -0.733. The average Bonchev–Trinajstić information content (AvgIpc) is 2.43. The zero-order chi connectivity index (χ0) is 16.1. The van der Waals surface area contributed by atoms with Gasteiger partial charge in [0.15, 0.2) is 0 Å². The van der Waals surface area contributed by atoms with Crippen molar-refractivity contribution in [3.8, 4) is 0 Å². The molecule has 0 spiro atoms. The number of ether oxygens (including phenoxy) is 1. The minimum absolute atomic E-state index is 0.179. The molecule has 21 heavy (non-hydrogen) atoms. The molecular formula is C14H29NO5Si. The molecule has 1 N–H and O–H groups in total. The summed E-state index contributed by atoms with van der Waals surface area (Å²) in [6.07, 6.45) is 0.830. The van der Waals surface area contributed by atoms with Gasteiger partial charge in [0, 0.05) is 31.4 Å². The molecule has 0 rings (SSSR count). The van der Waals surface area contributed by atoms with Gasteiger partial charge in [0.2, 0.25) is 0 Å². The van der Waals surface area contributed by atoms with E-state index in [4.69, 9.17) is 18.0 Å². The Morgan fingerprint density at radius 3 is 2.05 bits per heavy atom. The van der Waals surface area contributed by atoms with E-state index in [9.17, 15) is 4.79 Å². The largest absolute Gasteiger partial charge is 0.500 e. The van der Waals surface area contributed by atoms with E-state index in [1.165, 1.54) is 0 Å². The summed E-state index contributed by atoms with van der Waals surface area (Å²) in [4.78, 5) is 11.2. The molecule has 0 aromatic rings. The van der Waals surface area contributed by atoms with Gasteiger partial charge in [-0.25, -0.2) is 4.79 Å². The summed E-state index contributed by atoms with van der Waals surface area (Å²) in [7, 11) is -2.56. The number of nitrogens with one attached hydrogen (secondary N) is 1. The van der Waals surface area contributed by atoms with E-state index in [0.29, 0.717) is 31.9 Å². The van der Waals surface area contributed by atoms with Crippen LogP contribution in [0.25, 0.3) is 0 Å². The van der Waals surface area contributed by atoms with Gasteiger partial charge in [0.25, 0.3) is 0 Å². The lowest BCUT2D eigenvalue weighted by atomic mass is 10.4. The monoisotopic (exact) mass is 319 g/mol. The second-order valence-corrected chi connectivity index (χ2v) is 7.17. The Morgan fingerprint density at radius 2 is 1.62 bits per heavy atom. The van der Waals surface area contributed by atoms with Crippen LogP contribution in [0.4, 0.5) is 0 Å². The molecule has 124 valence electrons. The lowest BCUT2D eigenvalue weighted by molar-refractivity contribution is -0.139. The molecule has 0 aliphatic rings. The third kappa shape index (κ3) is 9.00. The lowest BCUT2D eigenvalue weighted by Crippen LogP contribution is -2.46. The lowest BCUT2D eigenvalue weighted by Gasteiger charge is -2.28. The van der Waals surface area contributed by atoms with Crippen LogP contribution in [-0.2, 0) is 22.8 Å². The Labute approximate surface area is 129 Å². The minimum atomic E-state index is -2.56. The van der Waals surface area contributed by atoms with Crippen LogP contribution in [0.5, 0.6) is 0 Å². The van der Waals surface area contributed by atoms with E-state index in [1.54, 1.807) is 6.92 Å². The molecule has 0 heterocycles. The number of rotatable bonds is 13. The summed E-state index contributed by atoms with van der Waals surface area (Å²) in [5.41, 5.74) is 0.396. The number of hydrogen-bond donors (Lipinski definition) is 1. The van der Waals surface area contributed by atoms with Gasteiger partial charge in [-0.3, -0.25) is 5.32 Å². The summed E-state index contributed by atoms with van der Waals surface area (Å²) in [6.45, 7) is 13.6. The predicted octanol–water partition coefficient (Wildman–Crippen LogP) is 2.09. The SMILES string of the molecule is C=C(C)C(=O)OCNCCC[Si](OCC)(OCC)OCC. The predicted molar refractivity (Wildman–Crippen MR) is 83.8 cm³/mol. The molecule has 0 aliphatic carbocycles. The van der Waals surface area contributed by atoms with Crippen molar-refractivity contribution < 1.29 is 22.8 Å². The third-order valence-electron chi connectivity index (χ3n) is 2.58. The summed E-state index contributed by atoms with van der Waals surface area (Å²) in [5, 5.41) is 3.04. The maximum absolute atomic E-state index is 11.2. The van der Waals surface area contributed by atoms with Crippen molar-refractivity contribution >= 4 is 14.8 Å². The fraction of sp³-hybridized carbons (Fsp3) is 0.786. The van der Waals surface area contributed by atoms with Gasteiger partial charge in [-0.05, 0) is 40.7 Å². The van der Waals surface area contributed by atoms with E-state index in [1.807, 2.05) is 20.8 Å². The molecule has 7 heteroatoms. The zero-order valence-corrected chi connectivity index (χ0v) is 14.7. The summed E-state index contributed by atoms with van der Waals surface area (Å²) in [5.74, 6) is -0.385. The van der Waals surface area contributed by atoms with Gasteiger partial charge >= 0.3 is 14.8 Å². The molecule has 6 nitrogen and oxygen atoms in total. The van der Waals surface area contributed by atoms with Gasteiger partial charge < -0.3 is 18.0 Å². The van der Waals surface area contributed by atoms with Gasteiger partial charge in [-0.15, -0.1) is 0 Å². The van der Waals surface area contributed by atoms with Gasteiger partial charge in [0.05, 0.1) is 0 Å². The summed E-state index contributed by atoms with van der Waals surface area (Å²) < 4.78 is 22.2. The highest BCUT2D eigenvalue weighted by atomic mass is 28.4. The van der Waals surface area contributed by atoms with Crippen molar-refractivity contribution in [3.05, 3.63) is 12.2 Å². The molecule has 0 fully saturated rings. The first-order valence-corrected chi connectivity index (χ1v) is 9.39. The summed E-state index contributed by atoms with van der Waals surface area (Å²) in [6, 6.07) is 0.740. The molecule has 0 unspecified atom stereocenters. The van der Waals surface area contributed by atoms with Crippen molar-refractivity contribution in [2.24, 2.45) is 0 Å². The highest BCUT2D eigenvalue weighted by Crippen LogP contribution is 2.17.